The monoisotopic (exact) mass is 218 g/mol. The van der Waals surface area contributed by atoms with Crippen LogP contribution in [0.4, 0.5) is 0 Å². The molecule has 1 aliphatic heterocycles. The number of nitrogens with zero attached hydrogens (tertiary/aromatic N) is 1. The number of hydrogen-bond donors (Lipinski definition) is 1. The highest BCUT2D eigenvalue weighted by Crippen LogP contribution is 2.23. The first-order valence-corrected chi connectivity index (χ1v) is 5.62. The molecule has 1 unspecified atom stereocenters. The highest BCUT2D eigenvalue weighted by molar-refractivity contribution is 5.78. The van der Waals surface area contributed by atoms with E-state index in [1.54, 1.807) is 6.20 Å². The zero-order valence-corrected chi connectivity index (χ0v) is 8.98. The molecular weight excluding hydrogens is 204 g/mol. The summed E-state index contributed by atoms with van der Waals surface area (Å²) in [5.41, 5.74) is 0.742. The van der Waals surface area contributed by atoms with Gasteiger partial charge in [-0.3, -0.25) is 4.79 Å². The molecule has 0 radical (unpaired) electrons. The van der Waals surface area contributed by atoms with E-state index in [1.165, 1.54) is 0 Å². The van der Waals surface area contributed by atoms with E-state index >= 15 is 0 Å². The molecule has 3 rings (SSSR count). The van der Waals surface area contributed by atoms with Crippen LogP contribution in [0.1, 0.15) is 18.9 Å². The Bertz CT molecular complexity index is 549. The van der Waals surface area contributed by atoms with Crippen molar-refractivity contribution in [2.45, 2.75) is 18.9 Å². The van der Waals surface area contributed by atoms with Gasteiger partial charge in [-0.05, 0) is 25.0 Å². The maximum Gasteiger partial charge on any atom is 0.272 e. The first-order valence-electron chi connectivity index (χ1n) is 5.62. The molecule has 1 atom stereocenters. The fourth-order valence-corrected chi connectivity index (χ4v) is 2.37. The Kier molecular flexibility index (Phi) is 2.29. The summed E-state index contributed by atoms with van der Waals surface area (Å²) < 4.78 is 7.51. The van der Waals surface area contributed by atoms with Gasteiger partial charge in [-0.25, -0.2) is 0 Å². The summed E-state index contributed by atoms with van der Waals surface area (Å²) in [5, 5.41) is 0.995. The maximum absolute atomic E-state index is 11.8. The zero-order valence-electron chi connectivity index (χ0n) is 8.98. The van der Waals surface area contributed by atoms with Gasteiger partial charge >= 0.3 is 0 Å². The minimum Gasteiger partial charge on any atom is -0.379 e. The molecule has 1 N–H and O–H groups in total. The van der Waals surface area contributed by atoms with Crippen LogP contribution in [0, 0.1) is 0 Å². The summed E-state index contributed by atoms with van der Waals surface area (Å²) in [7, 11) is 0. The molecular formula is C12H14N2O2. The van der Waals surface area contributed by atoms with E-state index in [-0.39, 0.29) is 5.56 Å². The van der Waals surface area contributed by atoms with Gasteiger partial charge in [0.05, 0.1) is 12.6 Å². The smallest absolute Gasteiger partial charge is 0.272 e. The molecule has 2 aromatic rings. The Hall–Kier alpha value is -1.55. The van der Waals surface area contributed by atoms with Crippen LogP contribution >= 0.6 is 0 Å². The number of aromatic amines is 1. The predicted molar refractivity (Wildman–Crippen MR) is 61.6 cm³/mol. The van der Waals surface area contributed by atoms with E-state index in [4.69, 9.17) is 4.74 Å². The lowest BCUT2D eigenvalue weighted by Crippen LogP contribution is -2.22. The van der Waals surface area contributed by atoms with Gasteiger partial charge in [0, 0.05) is 24.4 Å². The predicted octanol–water partition coefficient (Wildman–Crippen LogP) is 1.68. The van der Waals surface area contributed by atoms with Gasteiger partial charge in [0.2, 0.25) is 0 Å². The second-order valence-electron chi connectivity index (χ2n) is 4.20. The number of H-pyrrole nitrogens is 1. The van der Waals surface area contributed by atoms with Crippen molar-refractivity contribution in [2.24, 2.45) is 0 Å². The third-order valence-corrected chi connectivity index (χ3v) is 3.17. The Labute approximate surface area is 92.8 Å². The van der Waals surface area contributed by atoms with Crippen LogP contribution < -0.4 is 5.56 Å². The highest BCUT2D eigenvalue weighted by Gasteiger charge is 2.18. The Morgan fingerprint density at radius 3 is 3.19 bits per heavy atom. The van der Waals surface area contributed by atoms with Gasteiger partial charge in [0.1, 0.15) is 5.52 Å². The number of pyridine rings is 1. The number of ether oxygens (including phenoxy) is 1. The molecule has 84 valence electrons. The quantitative estimate of drug-likeness (QED) is 0.791. The second kappa shape index (κ2) is 3.79. The average Bonchev–Trinajstić information content (AvgIpc) is 2.75. The van der Waals surface area contributed by atoms with Gasteiger partial charge < -0.3 is 14.3 Å². The van der Waals surface area contributed by atoms with Crippen LogP contribution in [0.15, 0.2) is 29.3 Å². The summed E-state index contributed by atoms with van der Waals surface area (Å²) >= 11 is 0. The Morgan fingerprint density at radius 2 is 2.38 bits per heavy atom. The fraction of sp³-hybridized carbons (Fsp3) is 0.417. The van der Waals surface area contributed by atoms with Crippen molar-refractivity contribution in [1.29, 1.82) is 0 Å². The third kappa shape index (κ3) is 1.46. The van der Waals surface area contributed by atoms with Crippen molar-refractivity contribution in [3.8, 4) is 0 Å². The van der Waals surface area contributed by atoms with Gasteiger partial charge in [-0.2, -0.15) is 0 Å². The minimum absolute atomic E-state index is 0.0203. The molecule has 16 heavy (non-hydrogen) atoms. The van der Waals surface area contributed by atoms with Gasteiger partial charge in [-0.15, -0.1) is 0 Å². The molecule has 0 saturated carbocycles. The molecule has 3 heterocycles. The molecule has 0 bridgehead atoms. The Balaban J connectivity index is 2.12. The molecule has 2 aromatic heterocycles. The largest absolute Gasteiger partial charge is 0.379 e. The third-order valence-electron chi connectivity index (χ3n) is 3.17. The first-order chi connectivity index (χ1) is 7.86. The SMILES string of the molecule is O=c1[nH]ccc2ccn(C3CCCOC3)c12. The molecule has 1 fully saturated rings. The lowest BCUT2D eigenvalue weighted by molar-refractivity contribution is 0.0606. The van der Waals surface area contributed by atoms with Crippen LogP contribution in [-0.2, 0) is 4.74 Å². The standard InChI is InChI=1S/C12H14N2O2/c15-12-11-9(3-5-13-12)4-6-14(11)10-2-1-7-16-8-10/h3-6,10H,1-2,7-8H2,(H,13,15). The van der Waals surface area contributed by atoms with Gasteiger partial charge in [-0.1, -0.05) is 0 Å². The summed E-state index contributed by atoms with van der Waals surface area (Å²) in [4.78, 5) is 14.5. The first kappa shape index (κ1) is 9.66. The van der Waals surface area contributed by atoms with Crippen LogP contribution in [0.2, 0.25) is 0 Å². The van der Waals surface area contributed by atoms with Gasteiger partial charge in [0.25, 0.3) is 5.56 Å². The summed E-state index contributed by atoms with van der Waals surface area (Å²) in [6.45, 7) is 1.55. The lowest BCUT2D eigenvalue weighted by atomic mass is 10.1. The summed E-state index contributed by atoms with van der Waals surface area (Å²) in [6.07, 6.45) is 5.82. The molecule has 1 aliphatic rings. The van der Waals surface area contributed by atoms with Crippen LogP contribution in [0.25, 0.3) is 10.9 Å². The summed E-state index contributed by atoms with van der Waals surface area (Å²) in [6, 6.07) is 4.21. The normalized spacial score (nSPS) is 21.4. The second-order valence-corrected chi connectivity index (χ2v) is 4.20. The fourth-order valence-electron chi connectivity index (χ4n) is 2.37. The zero-order chi connectivity index (χ0) is 11.0. The van der Waals surface area contributed by atoms with Gasteiger partial charge in [0.15, 0.2) is 0 Å². The molecule has 1 saturated heterocycles. The van der Waals surface area contributed by atoms with E-state index in [0.29, 0.717) is 12.6 Å². The Morgan fingerprint density at radius 1 is 1.44 bits per heavy atom. The van der Waals surface area contributed by atoms with Crippen LogP contribution in [0.5, 0.6) is 0 Å². The molecule has 0 amide bonds. The maximum atomic E-state index is 11.8. The topological polar surface area (TPSA) is 47.0 Å². The van der Waals surface area contributed by atoms with Crippen LogP contribution in [-0.4, -0.2) is 22.8 Å². The van der Waals surface area contributed by atoms with Crippen LogP contribution in [0.3, 0.4) is 0 Å². The van der Waals surface area contributed by atoms with E-state index < -0.39 is 0 Å². The van der Waals surface area contributed by atoms with Crippen molar-refractivity contribution in [3.05, 3.63) is 34.9 Å². The van der Waals surface area contributed by atoms with Crippen molar-refractivity contribution in [2.75, 3.05) is 13.2 Å². The number of aromatic nitrogens is 2. The van der Waals surface area contributed by atoms with E-state index in [2.05, 4.69) is 4.98 Å². The molecule has 0 aliphatic carbocycles. The number of hydrogen-bond acceptors (Lipinski definition) is 2. The van der Waals surface area contributed by atoms with Crippen molar-refractivity contribution >= 4 is 10.9 Å². The number of rotatable bonds is 1. The average molecular weight is 218 g/mol. The van der Waals surface area contributed by atoms with E-state index in [1.807, 2.05) is 22.9 Å². The lowest BCUT2D eigenvalue weighted by Gasteiger charge is -2.24. The molecule has 0 aromatic carbocycles. The van der Waals surface area contributed by atoms with Crippen molar-refractivity contribution in [3.63, 3.8) is 0 Å². The highest BCUT2D eigenvalue weighted by atomic mass is 16.5. The van der Waals surface area contributed by atoms with Crippen molar-refractivity contribution < 1.29 is 4.74 Å². The molecule has 4 nitrogen and oxygen atoms in total. The molecule has 0 spiro atoms. The number of nitrogens with one attached hydrogen (secondary N) is 1. The number of fused-ring (bicyclic) bond motifs is 1. The minimum atomic E-state index is -0.0203. The van der Waals surface area contributed by atoms with E-state index in [9.17, 15) is 4.79 Å². The molecule has 4 heteroatoms. The van der Waals surface area contributed by atoms with Crippen molar-refractivity contribution in [1.82, 2.24) is 9.55 Å². The van der Waals surface area contributed by atoms with E-state index in [0.717, 1.165) is 30.4 Å². The summed E-state index contributed by atoms with van der Waals surface area (Å²) in [5.74, 6) is 0.